The maximum atomic E-state index is 11.6. The minimum atomic E-state index is -0.395. The van der Waals surface area contributed by atoms with Crippen molar-refractivity contribution in [3.63, 3.8) is 0 Å². The van der Waals surface area contributed by atoms with Crippen molar-refractivity contribution in [3.8, 4) is 0 Å². The molecule has 104 valence electrons. The molecule has 2 N–H and O–H groups in total. The van der Waals surface area contributed by atoms with E-state index in [-0.39, 0.29) is 6.10 Å². The van der Waals surface area contributed by atoms with Gasteiger partial charge in [0.1, 0.15) is 0 Å². The third-order valence-electron chi connectivity index (χ3n) is 3.23. The van der Waals surface area contributed by atoms with Crippen LogP contribution in [0.4, 0.5) is 5.95 Å². The van der Waals surface area contributed by atoms with Crippen LogP contribution in [0.25, 0.3) is 0 Å². The van der Waals surface area contributed by atoms with Gasteiger partial charge in [-0.05, 0) is 32.6 Å². The van der Waals surface area contributed by atoms with Gasteiger partial charge in [0.05, 0.1) is 24.0 Å². The third kappa shape index (κ3) is 3.41. The lowest BCUT2D eigenvalue weighted by atomic mass is 9.82. The fourth-order valence-electron chi connectivity index (χ4n) is 2.06. The zero-order chi connectivity index (χ0) is 13.8. The predicted octanol–water partition coefficient (Wildman–Crippen LogP) is 1.14. The summed E-state index contributed by atoms with van der Waals surface area (Å²) in [5.74, 6) is 0.587. The molecular weight excluding hydrogens is 246 g/mol. The Balaban J connectivity index is 1.92. The van der Waals surface area contributed by atoms with Gasteiger partial charge in [0.15, 0.2) is 0 Å². The van der Waals surface area contributed by atoms with Crippen LogP contribution in [0.1, 0.15) is 35.8 Å². The third-order valence-corrected chi connectivity index (χ3v) is 3.23. The molecule has 6 nitrogen and oxygen atoms in total. The molecule has 0 aliphatic heterocycles. The quantitative estimate of drug-likeness (QED) is 0.777. The van der Waals surface area contributed by atoms with Crippen molar-refractivity contribution in [2.45, 2.75) is 32.8 Å². The minimum Gasteiger partial charge on any atom is -0.462 e. The molecule has 1 saturated carbocycles. The van der Waals surface area contributed by atoms with Gasteiger partial charge in [0.25, 0.3) is 0 Å². The van der Waals surface area contributed by atoms with E-state index < -0.39 is 5.97 Å². The van der Waals surface area contributed by atoms with Gasteiger partial charge in [-0.3, -0.25) is 0 Å². The Morgan fingerprint density at radius 1 is 1.58 bits per heavy atom. The van der Waals surface area contributed by atoms with Crippen LogP contribution < -0.4 is 5.32 Å². The number of hydrogen-bond acceptors (Lipinski definition) is 6. The molecule has 0 unspecified atom stereocenters. The summed E-state index contributed by atoms with van der Waals surface area (Å²) in [5, 5.41) is 12.3. The summed E-state index contributed by atoms with van der Waals surface area (Å²) < 4.78 is 4.92. The number of nitrogens with one attached hydrogen (secondary N) is 1. The van der Waals surface area contributed by atoms with Crippen LogP contribution in [0.2, 0.25) is 0 Å². The van der Waals surface area contributed by atoms with Gasteiger partial charge in [-0.2, -0.15) is 0 Å². The standard InChI is InChI=1S/C13H19N3O3/c1-3-19-12(18)11-7-15-13(16-8(11)2)14-6-9-4-10(17)5-9/h7,9-10,17H,3-6H2,1-2H3,(H,14,15,16). The Morgan fingerprint density at radius 2 is 2.32 bits per heavy atom. The van der Waals surface area contributed by atoms with Gasteiger partial charge in [-0.25, -0.2) is 14.8 Å². The number of rotatable bonds is 5. The number of ether oxygens (including phenoxy) is 1. The number of aromatic nitrogens is 2. The Morgan fingerprint density at radius 3 is 2.89 bits per heavy atom. The number of hydrogen-bond donors (Lipinski definition) is 2. The number of carbonyl (C=O) groups is 1. The molecule has 0 saturated heterocycles. The first-order chi connectivity index (χ1) is 9.10. The van der Waals surface area contributed by atoms with E-state index in [1.54, 1.807) is 13.8 Å². The van der Waals surface area contributed by atoms with Gasteiger partial charge in [-0.15, -0.1) is 0 Å². The molecule has 1 aliphatic rings. The lowest BCUT2D eigenvalue weighted by molar-refractivity contribution is 0.0484. The topological polar surface area (TPSA) is 84.3 Å². The van der Waals surface area contributed by atoms with E-state index >= 15 is 0 Å². The molecule has 1 heterocycles. The highest BCUT2D eigenvalue weighted by atomic mass is 16.5. The molecule has 1 aromatic rings. The Labute approximate surface area is 112 Å². The molecule has 0 spiro atoms. The number of esters is 1. The molecule has 6 heteroatoms. The Kier molecular flexibility index (Phi) is 4.31. The molecule has 0 radical (unpaired) electrons. The molecule has 2 rings (SSSR count). The summed E-state index contributed by atoms with van der Waals surface area (Å²) in [5.41, 5.74) is 0.996. The van der Waals surface area contributed by atoms with Crippen molar-refractivity contribution in [2.24, 2.45) is 5.92 Å². The van der Waals surface area contributed by atoms with Crippen LogP contribution in [-0.4, -0.2) is 40.3 Å². The van der Waals surface area contributed by atoms with Crippen LogP contribution in [0.15, 0.2) is 6.20 Å². The second kappa shape index (κ2) is 5.97. The fourth-order valence-corrected chi connectivity index (χ4v) is 2.06. The first-order valence-corrected chi connectivity index (χ1v) is 6.52. The van der Waals surface area contributed by atoms with Gasteiger partial charge >= 0.3 is 5.97 Å². The molecular formula is C13H19N3O3. The van der Waals surface area contributed by atoms with Crippen LogP contribution in [0.5, 0.6) is 0 Å². The number of aliphatic hydroxyl groups excluding tert-OH is 1. The highest BCUT2D eigenvalue weighted by Gasteiger charge is 2.26. The van der Waals surface area contributed by atoms with Crippen LogP contribution >= 0.6 is 0 Å². The SMILES string of the molecule is CCOC(=O)c1cnc(NCC2CC(O)C2)nc1C. The normalized spacial score (nSPS) is 21.6. The summed E-state index contributed by atoms with van der Waals surface area (Å²) in [6.45, 7) is 4.60. The molecule has 1 aromatic heterocycles. The molecule has 19 heavy (non-hydrogen) atoms. The predicted molar refractivity (Wildman–Crippen MR) is 69.9 cm³/mol. The van der Waals surface area contributed by atoms with E-state index in [2.05, 4.69) is 15.3 Å². The van der Waals surface area contributed by atoms with Gasteiger partial charge in [0.2, 0.25) is 5.95 Å². The summed E-state index contributed by atoms with van der Waals surface area (Å²) in [4.78, 5) is 19.9. The number of aliphatic hydroxyl groups is 1. The van der Waals surface area contributed by atoms with Gasteiger partial charge in [-0.1, -0.05) is 0 Å². The van der Waals surface area contributed by atoms with Gasteiger partial charge in [0, 0.05) is 12.7 Å². The Hall–Kier alpha value is -1.69. The van der Waals surface area contributed by atoms with E-state index in [0.717, 1.165) is 19.4 Å². The van der Waals surface area contributed by atoms with E-state index in [4.69, 9.17) is 4.74 Å². The van der Waals surface area contributed by atoms with Crippen molar-refractivity contribution in [1.29, 1.82) is 0 Å². The Bertz CT molecular complexity index is 458. The van der Waals surface area contributed by atoms with Crippen molar-refractivity contribution in [1.82, 2.24) is 9.97 Å². The van der Waals surface area contributed by atoms with Crippen LogP contribution in [0, 0.1) is 12.8 Å². The number of carbonyl (C=O) groups excluding carboxylic acids is 1. The molecule has 0 bridgehead atoms. The zero-order valence-corrected chi connectivity index (χ0v) is 11.2. The molecule has 1 aliphatic carbocycles. The zero-order valence-electron chi connectivity index (χ0n) is 11.2. The average Bonchev–Trinajstić information content (AvgIpc) is 2.33. The highest BCUT2D eigenvalue weighted by Crippen LogP contribution is 2.26. The number of nitrogens with zero attached hydrogens (tertiary/aromatic N) is 2. The van der Waals surface area contributed by atoms with E-state index in [9.17, 15) is 9.90 Å². The van der Waals surface area contributed by atoms with Gasteiger partial charge < -0.3 is 15.2 Å². The first kappa shape index (κ1) is 13.7. The largest absolute Gasteiger partial charge is 0.462 e. The maximum Gasteiger partial charge on any atom is 0.341 e. The van der Waals surface area contributed by atoms with E-state index in [1.807, 2.05) is 0 Å². The highest BCUT2D eigenvalue weighted by molar-refractivity contribution is 5.90. The number of aryl methyl sites for hydroxylation is 1. The summed E-state index contributed by atoms with van der Waals surface area (Å²) >= 11 is 0. The number of anilines is 1. The van der Waals surface area contributed by atoms with Crippen LogP contribution in [-0.2, 0) is 4.74 Å². The smallest absolute Gasteiger partial charge is 0.341 e. The van der Waals surface area contributed by atoms with E-state index in [0.29, 0.717) is 29.7 Å². The van der Waals surface area contributed by atoms with Crippen LogP contribution in [0.3, 0.4) is 0 Å². The fraction of sp³-hybridized carbons (Fsp3) is 0.615. The summed E-state index contributed by atoms with van der Waals surface area (Å²) in [6, 6.07) is 0. The van der Waals surface area contributed by atoms with Crippen molar-refractivity contribution >= 4 is 11.9 Å². The van der Waals surface area contributed by atoms with Crippen molar-refractivity contribution in [2.75, 3.05) is 18.5 Å². The van der Waals surface area contributed by atoms with Crippen molar-refractivity contribution in [3.05, 3.63) is 17.5 Å². The monoisotopic (exact) mass is 265 g/mol. The second-order valence-corrected chi connectivity index (χ2v) is 4.79. The average molecular weight is 265 g/mol. The van der Waals surface area contributed by atoms with Crippen molar-refractivity contribution < 1.29 is 14.6 Å². The maximum absolute atomic E-state index is 11.6. The molecule has 0 atom stereocenters. The van der Waals surface area contributed by atoms with E-state index in [1.165, 1.54) is 6.20 Å². The molecule has 0 amide bonds. The first-order valence-electron chi connectivity index (χ1n) is 6.52. The summed E-state index contributed by atoms with van der Waals surface area (Å²) in [7, 11) is 0. The molecule has 1 fully saturated rings. The lowest BCUT2D eigenvalue weighted by Crippen LogP contribution is -2.33. The minimum absolute atomic E-state index is 0.152. The summed E-state index contributed by atoms with van der Waals surface area (Å²) in [6.07, 6.45) is 2.98. The lowest BCUT2D eigenvalue weighted by Gasteiger charge is -2.31. The molecule has 0 aromatic carbocycles. The second-order valence-electron chi connectivity index (χ2n) is 4.79.